The van der Waals surface area contributed by atoms with Gasteiger partial charge in [-0.15, -0.1) is 0 Å². The Morgan fingerprint density at radius 2 is 2.09 bits per heavy atom. The molecule has 0 radical (unpaired) electrons. The first kappa shape index (κ1) is 23.2. The van der Waals surface area contributed by atoms with Gasteiger partial charge in [0.05, 0.1) is 16.5 Å². The number of carbonyl (C=O) groups excluding carboxylic acids is 2. The zero-order valence-electron chi connectivity index (χ0n) is 18.9. The van der Waals surface area contributed by atoms with E-state index in [9.17, 15) is 18.0 Å². The van der Waals surface area contributed by atoms with Crippen molar-refractivity contribution < 1.29 is 22.7 Å². The number of nitrogens with zero attached hydrogens (tertiary/aromatic N) is 2. The summed E-state index contributed by atoms with van der Waals surface area (Å²) >= 11 is 0. The second-order valence-corrected chi connectivity index (χ2v) is 10.4. The molecule has 176 valence electrons. The molecule has 0 unspecified atom stereocenters. The first-order valence-corrected chi connectivity index (χ1v) is 12.5. The second kappa shape index (κ2) is 9.11. The van der Waals surface area contributed by atoms with Gasteiger partial charge in [0.1, 0.15) is 11.6 Å². The van der Waals surface area contributed by atoms with E-state index in [2.05, 4.69) is 15.6 Å². The molecule has 3 heterocycles. The van der Waals surface area contributed by atoms with Gasteiger partial charge in [0, 0.05) is 25.4 Å². The number of anilines is 2. The first-order chi connectivity index (χ1) is 15.7. The Morgan fingerprint density at radius 1 is 1.30 bits per heavy atom. The molecule has 2 amide bonds. The van der Waals surface area contributed by atoms with E-state index in [4.69, 9.17) is 4.74 Å². The summed E-state index contributed by atoms with van der Waals surface area (Å²) in [6, 6.07) is 6.67. The van der Waals surface area contributed by atoms with E-state index in [-0.39, 0.29) is 23.3 Å². The van der Waals surface area contributed by atoms with Crippen molar-refractivity contribution in [3.05, 3.63) is 41.6 Å². The van der Waals surface area contributed by atoms with Crippen LogP contribution in [0, 0.1) is 19.8 Å². The number of carbonyl (C=O) groups is 2. The van der Waals surface area contributed by atoms with Crippen LogP contribution < -0.4 is 15.4 Å². The van der Waals surface area contributed by atoms with Gasteiger partial charge in [0.25, 0.3) is 5.91 Å². The third kappa shape index (κ3) is 4.72. The lowest BCUT2D eigenvalue weighted by Gasteiger charge is -2.32. The molecule has 1 fully saturated rings. The minimum absolute atomic E-state index is 0.0890. The summed E-state index contributed by atoms with van der Waals surface area (Å²) in [6.07, 6.45) is 2.65. The van der Waals surface area contributed by atoms with Gasteiger partial charge in [-0.3, -0.25) is 9.59 Å². The Balaban J connectivity index is 1.54. The monoisotopic (exact) mass is 472 g/mol. The van der Waals surface area contributed by atoms with E-state index in [1.807, 2.05) is 19.9 Å². The second-order valence-electron chi connectivity index (χ2n) is 8.53. The Hall–Kier alpha value is -2.98. The Morgan fingerprint density at radius 3 is 2.79 bits per heavy atom. The lowest BCUT2D eigenvalue weighted by atomic mass is 9.99. The summed E-state index contributed by atoms with van der Waals surface area (Å²) < 4.78 is 34.1. The van der Waals surface area contributed by atoms with E-state index in [1.54, 1.807) is 25.3 Å². The van der Waals surface area contributed by atoms with Crippen LogP contribution in [0.5, 0.6) is 5.75 Å². The summed E-state index contributed by atoms with van der Waals surface area (Å²) in [4.78, 5) is 29.2. The summed E-state index contributed by atoms with van der Waals surface area (Å²) in [6.45, 7) is 5.84. The molecular formula is C23H28N4O5S. The van der Waals surface area contributed by atoms with Crippen molar-refractivity contribution in [3.8, 4) is 5.75 Å². The molecule has 9 nitrogen and oxygen atoms in total. The average Bonchev–Trinajstić information content (AvgIpc) is 2.79. The average molecular weight is 473 g/mol. The maximum absolute atomic E-state index is 13.5. The third-order valence-electron chi connectivity index (χ3n) is 6.00. The Kier molecular flexibility index (Phi) is 6.40. The zero-order valence-corrected chi connectivity index (χ0v) is 19.7. The SMILES string of the molecule is CC[C@H]1Oc2cc(S(=O)(=O)N3CCC[C@@H](C(=O)Nc4ccc(C)cn4)C3)c(C)cc2NC1=O. The molecule has 1 aromatic heterocycles. The number of sulfonamides is 1. The molecule has 0 bridgehead atoms. The highest BCUT2D eigenvalue weighted by Crippen LogP contribution is 2.36. The fraction of sp³-hybridized carbons (Fsp3) is 0.435. The number of benzene rings is 1. The van der Waals surface area contributed by atoms with Gasteiger partial charge >= 0.3 is 0 Å². The summed E-state index contributed by atoms with van der Waals surface area (Å²) in [5.74, 6) is -0.184. The molecule has 1 saturated heterocycles. The number of aromatic nitrogens is 1. The highest BCUT2D eigenvalue weighted by molar-refractivity contribution is 7.89. The highest BCUT2D eigenvalue weighted by Gasteiger charge is 2.36. The number of piperidine rings is 1. The minimum Gasteiger partial charge on any atom is -0.478 e. The number of hydrogen-bond acceptors (Lipinski definition) is 6. The maximum Gasteiger partial charge on any atom is 0.265 e. The van der Waals surface area contributed by atoms with Gasteiger partial charge in [-0.25, -0.2) is 13.4 Å². The van der Waals surface area contributed by atoms with Crippen molar-refractivity contribution >= 4 is 33.3 Å². The van der Waals surface area contributed by atoms with Crippen LogP contribution in [0.2, 0.25) is 0 Å². The summed E-state index contributed by atoms with van der Waals surface area (Å²) in [7, 11) is -3.86. The molecule has 4 rings (SSSR count). The standard InChI is InChI=1S/C23H28N4O5S/c1-4-18-23(29)25-17-10-15(3)20(11-19(17)32-18)33(30,31)27-9-5-6-16(13-27)22(28)26-21-8-7-14(2)12-24-21/h7-8,10-12,16,18H,4-6,9,13H2,1-3H3,(H,25,29)(H,24,26,28)/t16-,18-/m1/s1. The lowest BCUT2D eigenvalue weighted by molar-refractivity contribution is -0.123. The quantitative estimate of drug-likeness (QED) is 0.691. The molecule has 2 atom stereocenters. The summed E-state index contributed by atoms with van der Waals surface area (Å²) in [5, 5.41) is 5.56. The number of fused-ring (bicyclic) bond motifs is 1. The predicted octanol–water partition coefficient (Wildman–Crippen LogP) is 2.85. The van der Waals surface area contributed by atoms with Crippen LogP contribution in [-0.2, 0) is 19.6 Å². The van der Waals surface area contributed by atoms with Gasteiger partial charge in [0.15, 0.2) is 6.10 Å². The largest absolute Gasteiger partial charge is 0.478 e. The van der Waals surface area contributed by atoms with Crippen molar-refractivity contribution in [3.63, 3.8) is 0 Å². The third-order valence-corrected chi connectivity index (χ3v) is 8.01. The maximum atomic E-state index is 13.5. The zero-order chi connectivity index (χ0) is 23.8. The minimum atomic E-state index is -3.86. The molecule has 10 heteroatoms. The van der Waals surface area contributed by atoms with Crippen LogP contribution >= 0.6 is 0 Å². The molecule has 0 aliphatic carbocycles. The molecule has 0 spiro atoms. The molecular weight excluding hydrogens is 444 g/mol. The number of aryl methyl sites for hydroxylation is 2. The van der Waals surface area contributed by atoms with Gasteiger partial charge in [-0.1, -0.05) is 13.0 Å². The van der Waals surface area contributed by atoms with Crippen molar-refractivity contribution in [1.82, 2.24) is 9.29 Å². The van der Waals surface area contributed by atoms with E-state index in [0.717, 1.165) is 5.56 Å². The van der Waals surface area contributed by atoms with E-state index in [0.29, 0.717) is 48.6 Å². The lowest BCUT2D eigenvalue weighted by Crippen LogP contribution is -2.44. The number of nitrogens with one attached hydrogen (secondary N) is 2. The normalized spacial score (nSPS) is 21.0. The van der Waals surface area contributed by atoms with Crippen LogP contribution in [0.4, 0.5) is 11.5 Å². The van der Waals surface area contributed by atoms with Crippen LogP contribution in [0.1, 0.15) is 37.3 Å². The van der Waals surface area contributed by atoms with Crippen molar-refractivity contribution in [2.24, 2.45) is 5.92 Å². The molecule has 33 heavy (non-hydrogen) atoms. The molecule has 2 aliphatic rings. The van der Waals surface area contributed by atoms with Gasteiger partial charge in [0.2, 0.25) is 15.9 Å². The number of amides is 2. The Labute approximate surface area is 193 Å². The van der Waals surface area contributed by atoms with Crippen LogP contribution in [0.25, 0.3) is 0 Å². The number of ether oxygens (including phenoxy) is 1. The number of rotatable bonds is 5. The van der Waals surface area contributed by atoms with Gasteiger partial charge < -0.3 is 15.4 Å². The predicted molar refractivity (Wildman–Crippen MR) is 124 cm³/mol. The van der Waals surface area contributed by atoms with Crippen LogP contribution in [0.15, 0.2) is 35.4 Å². The van der Waals surface area contributed by atoms with Gasteiger partial charge in [-0.2, -0.15) is 4.31 Å². The molecule has 2 aromatic rings. The van der Waals surface area contributed by atoms with Crippen molar-refractivity contribution in [1.29, 1.82) is 0 Å². The number of hydrogen-bond donors (Lipinski definition) is 2. The van der Waals surface area contributed by atoms with Crippen LogP contribution in [-0.4, -0.2) is 48.7 Å². The first-order valence-electron chi connectivity index (χ1n) is 11.0. The summed E-state index contributed by atoms with van der Waals surface area (Å²) in [5.41, 5.74) is 1.95. The van der Waals surface area contributed by atoms with Crippen molar-refractivity contribution in [2.45, 2.75) is 51.0 Å². The number of pyridine rings is 1. The molecule has 2 aliphatic heterocycles. The van der Waals surface area contributed by atoms with Crippen molar-refractivity contribution in [2.75, 3.05) is 23.7 Å². The Bertz CT molecular complexity index is 1180. The highest BCUT2D eigenvalue weighted by atomic mass is 32.2. The van der Waals surface area contributed by atoms with E-state index < -0.39 is 22.0 Å². The molecule has 1 aromatic carbocycles. The smallest absolute Gasteiger partial charge is 0.265 e. The fourth-order valence-electron chi connectivity index (χ4n) is 4.12. The fourth-order valence-corrected chi connectivity index (χ4v) is 5.86. The van der Waals surface area contributed by atoms with E-state index in [1.165, 1.54) is 10.4 Å². The molecule has 0 saturated carbocycles. The molecule has 2 N–H and O–H groups in total. The van der Waals surface area contributed by atoms with Gasteiger partial charge in [-0.05, 0) is 56.4 Å². The topological polar surface area (TPSA) is 118 Å². The van der Waals surface area contributed by atoms with Crippen LogP contribution in [0.3, 0.4) is 0 Å². The van der Waals surface area contributed by atoms with E-state index >= 15 is 0 Å².